The van der Waals surface area contributed by atoms with E-state index in [1.807, 2.05) is 0 Å². The Morgan fingerprint density at radius 2 is 1.86 bits per heavy atom. The van der Waals surface area contributed by atoms with Gasteiger partial charge < -0.3 is 5.73 Å². The summed E-state index contributed by atoms with van der Waals surface area (Å²) in [5, 5.41) is 0. The molecule has 22 heavy (non-hydrogen) atoms. The first-order valence-corrected chi connectivity index (χ1v) is 6.23. The Labute approximate surface area is 125 Å². The lowest BCUT2D eigenvalue weighted by Gasteiger charge is -2.13. The standard InChI is InChI=1S/C16H11F3N2O/c1-9-3-5-11(12(7-9)15(20)22)10-4-6-14(21-2)13(8-10)16(17,18)19/h3-8H,1H3,(H2,20,22). The third-order valence-electron chi connectivity index (χ3n) is 3.17. The largest absolute Gasteiger partial charge is 0.407 e. The Hall–Kier alpha value is -2.81. The van der Waals surface area contributed by atoms with Crippen LogP contribution >= 0.6 is 0 Å². The molecule has 2 aromatic carbocycles. The summed E-state index contributed by atoms with van der Waals surface area (Å²) in [5.74, 6) is -0.721. The molecular formula is C16H11F3N2O. The van der Waals surface area contributed by atoms with Gasteiger partial charge in [0.15, 0.2) is 5.69 Å². The minimum absolute atomic E-state index is 0.142. The van der Waals surface area contributed by atoms with Gasteiger partial charge in [-0.05, 0) is 24.1 Å². The minimum atomic E-state index is -4.65. The zero-order chi connectivity index (χ0) is 16.5. The van der Waals surface area contributed by atoms with Crippen LogP contribution in [0.1, 0.15) is 21.5 Å². The molecule has 0 spiro atoms. The van der Waals surface area contributed by atoms with Crippen molar-refractivity contribution in [2.75, 3.05) is 0 Å². The summed E-state index contributed by atoms with van der Waals surface area (Å²) >= 11 is 0. The molecule has 0 aromatic heterocycles. The molecule has 2 N–H and O–H groups in total. The Kier molecular flexibility index (Phi) is 3.91. The molecule has 1 amide bonds. The molecule has 6 heteroatoms. The number of aryl methyl sites for hydroxylation is 1. The molecule has 3 nitrogen and oxygen atoms in total. The van der Waals surface area contributed by atoms with Crippen LogP contribution in [-0.4, -0.2) is 5.91 Å². The molecule has 0 heterocycles. The monoisotopic (exact) mass is 304 g/mol. The fourth-order valence-electron chi connectivity index (χ4n) is 2.14. The highest BCUT2D eigenvalue weighted by atomic mass is 19.4. The smallest absolute Gasteiger partial charge is 0.366 e. The highest BCUT2D eigenvalue weighted by Gasteiger charge is 2.33. The average molecular weight is 304 g/mol. The van der Waals surface area contributed by atoms with Gasteiger partial charge in [-0.3, -0.25) is 4.79 Å². The summed E-state index contributed by atoms with van der Waals surface area (Å²) in [5.41, 5.74) is 5.18. The molecule has 0 unspecified atom stereocenters. The predicted octanol–water partition coefficient (Wildman–Crippen LogP) is 4.33. The summed E-state index contributed by atoms with van der Waals surface area (Å²) in [4.78, 5) is 14.4. The average Bonchev–Trinajstić information content (AvgIpc) is 2.45. The summed E-state index contributed by atoms with van der Waals surface area (Å²) < 4.78 is 39.1. The lowest BCUT2D eigenvalue weighted by molar-refractivity contribution is -0.136. The Balaban J connectivity index is 2.70. The number of carbonyl (C=O) groups excluding carboxylic acids is 1. The van der Waals surface area contributed by atoms with Gasteiger partial charge in [-0.15, -0.1) is 0 Å². The second kappa shape index (κ2) is 5.53. The fraction of sp³-hybridized carbons (Fsp3) is 0.125. The van der Waals surface area contributed by atoms with Crippen molar-refractivity contribution < 1.29 is 18.0 Å². The molecule has 2 rings (SSSR count). The SMILES string of the molecule is [C-]#[N+]c1ccc(-c2ccc(C)cc2C(N)=O)cc1C(F)(F)F. The first-order valence-electron chi connectivity index (χ1n) is 6.23. The van der Waals surface area contributed by atoms with Gasteiger partial charge in [-0.2, -0.15) is 13.2 Å². The van der Waals surface area contributed by atoms with Crippen LogP contribution < -0.4 is 5.73 Å². The Bertz CT molecular complexity index is 789. The van der Waals surface area contributed by atoms with Gasteiger partial charge in [0.05, 0.1) is 12.1 Å². The van der Waals surface area contributed by atoms with E-state index in [0.29, 0.717) is 5.56 Å². The molecule has 0 atom stereocenters. The number of amides is 1. The second-order valence-electron chi connectivity index (χ2n) is 4.75. The van der Waals surface area contributed by atoms with Crippen molar-refractivity contribution in [2.24, 2.45) is 5.73 Å². The van der Waals surface area contributed by atoms with Gasteiger partial charge in [0.25, 0.3) is 0 Å². The summed E-state index contributed by atoms with van der Waals surface area (Å²) in [7, 11) is 0. The molecule has 0 radical (unpaired) electrons. The van der Waals surface area contributed by atoms with E-state index in [-0.39, 0.29) is 11.1 Å². The number of nitrogens with two attached hydrogens (primary N) is 1. The van der Waals surface area contributed by atoms with Crippen molar-refractivity contribution in [3.63, 3.8) is 0 Å². The van der Waals surface area contributed by atoms with Crippen molar-refractivity contribution in [2.45, 2.75) is 13.1 Å². The maximum atomic E-state index is 13.0. The summed E-state index contributed by atoms with van der Waals surface area (Å²) in [6, 6.07) is 8.08. The molecule has 0 aliphatic carbocycles. The predicted molar refractivity (Wildman–Crippen MR) is 76.4 cm³/mol. The number of hydrogen-bond donors (Lipinski definition) is 1. The highest BCUT2D eigenvalue weighted by molar-refractivity contribution is 6.00. The first kappa shape index (κ1) is 15.6. The quantitative estimate of drug-likeness (QED) is 0.825. The van der Waals surface area contributed by atoms with E-state index in [2.05, 4.69) is 4.85 Å². The molecule has 0 saturated heterocycles. The van der Waals surface area contributed by atoms with E-state index in [0.717, 1.165) is 17.7 Å². The molecule has 0 saturated carbocycles. The van der Waals surface area contributed by atoms with Crippen molar-refractivity contribution in [1.29, 1.82) is 0 Å². The van der Waals surface area contributed by atoms with E-state index in [4.69, 9.17) is 12.3 Å². The van der Waals surface area contributed by atoms with E-state index in [1.165, 1.54) is 12.1 Å². The lowest BCUT2D eigenvalue weighted by atomic mass is 9.95. The van der Waals surface area contributed by atoms with Crippen molar-refractivity contribution in [3.8, 4) is 11.1 Å². The molecule has 0 fully saturated rings. The van der Waals surface area contributed by atoms with E-state index < -0.39 is 23.3 Å². The number of primary amides is 1. The number of benzene rings is 2. The van der Waals surface area contributed by atoms with E-state index in [9.17, 15) is 18.0 Å². The molecule has 0 aliphatic heterocycles. The number of rotatable bonds is 2. The first-order chi connectivity index (χ1) is 10.2. The molecule has 0 bridgehead atoms. The molecule has 2 aromatic rings. The van der Waals surface area contributed by atoms with Crippen LogP contribution in [-0.2, 0) is 6.18 Å². The van der Waals surface area contributed by atoms with Crippen LogP contribution in [0.15, 0.2) is 36.4 Å². The normalized spacial score (nSPS) is 11.0. The third kappa shape index (κ3) is 2.93. The van der Waals surface area contributed by atoms with Crippen LogP contribution in [0.3, 0.4) is 0 Å². The van der Waals surface area contributed by atoms with E-state index >= 15 is 0 Å². The van der Waals surface area contributed by atoms with Crippen LogP contribution in [0.5, 0.6) is 0 Å². The zero-order valence-corrected chi connectivity index (χ0v) is 11.5. The maximum absolute atomic E-state index is 13.0. The molecular weight excluding hydrogens is 293 g/mol. The molecule has 0 aliphatic rings. The topological polar surface area (TPSA) is 47.5 Å². The number of alkyl halides is 3. The minimum Gasteiger partial charge on any atom is -0.366 e. The zero-order valence-electron chi connectivity index (χ0n) is 11.5. The van der Waals surface area contributed by atoms with Gasteiger partial charge in [0.2, 0.25) is 5.91 Å². The number of hydrogen-bond acceptors (Lipinski definition) is 1. The van der Waals surface area contributed by atoms with Crippen LogP contribution in [0.25, 0.3) is 16.0 Å². The maximum Gasteiger partial charge on any atom is 0.407 e. The van der Waals surface area contributed by atoms with Crippen LogP contribution in [0.2, 0.25) is 0 Å². The number of halogens is 3. The van der Waals surface area contributed by atoms with Gasteiger partial charge in [0, 0.05) is 5.56 Å². The number of carbonyl (C=O) groups is 1. The second-order valence-corrected chi connectivity index (χ2v) is 4.75. The Morgan fingerprint density at radius 3 is 2.41 bits per heavy atom. The molecule has 112 valence electrons. The van der Waals surface area contributed by atoms with E-state index in [1.54, 1.807) is 19.1 Å². The van der Waals surface area contributed by atoms with Crippen LogP contribution in [0, 0.1) is 13.5 Å². The summed E-state index contributed by atoms with van der Waals surface area (Å²) in [6.45, 7) is 8.58. The van der Waals surface area contributed by atoms with Gasteiger partial charge in [0.1, 0.15) is 0 Å². The third-order valence-corrected chi connectivity index (χ3v) is 3.17. The van der Waals surface area contributed by atoms with Crippen molar-refractivity contribution >= 4 is 11.6 Å². The summed E-state index contributed by atoms with van der Waals surface area (Å²) in [6.07, 6.45) is -4.65. The Morgan fingerprint density at radius 1 is 1.18 bits per heavy atom. The van der Waals surface area contributed by atoms with Gasteiger partial charge in [-0.1, -0.05) is 35.9 Å². The van der Waals surface area contributed by atoms with Crippen molar-refractivity contribution in [3.05, 3.63) is 64.5 Å². The van der Waals surface area contributed by atoms with Crippen molar-refractivity contribution in [1.82, 2.24) is 0 Å². The van der Waals surface area contributed by atoms with Gasteiger partial charge in [-0.25, -0.2) is 4.85 Å². The highest BCUT2D eigenvalue weighted by Crippen LogP contribution is 2.39. The van der Waals surface area contributed by atoms with Gasteiger partial charge >= 0.3 is 6.18 Å². The van der Waals surface area contributed by atoms with Crippen LogP contribution in [0.4, 0.5) is 18.9 Å². The lowest BCUT2D eigenvalue weighted by Crippen LogP contribution is -2.13. The number of nitrogens with zero attached hydrogens (tertiary/aromatic N) is 1. The fourth-order valence-corrected chi connectivity index (χ4v) is 2.14.